The molecule has 1 aromatic carbocycles. The van der Waals surface area contributed by atoms with Gasteiger partial charge < -0.3 is 21.7 Å². The average Bonchev–Trinajstić information content (AvgIpc) is 3.09. The Morgan fingerprint density at radius 2 is 1.97 bits per heavy atom. The highest BCUT2D eigenvalue weighted by Crippen LogP contribution is 2.27. The van der Waals surface area contributed by atoms with Crippen molar-refractivity contribution in [3.63, 3.8) is 0 Å². The first-order chi connectivity index (χ1) is 13.9. The molecule has 1 aliphatic heterocycles. The lowest BCUT2D eigenvalue weighted by atomic mass is 10.1. The minimum atomic E-state index is -0.740. The van der Waals surface area contributed by atoms with Crippen molar-refractivity contribution in [2.45, 2.75) is 25.8 Å². The smallest absolute Gasteiger partial charge is 0.316 e. The van der Waals surface area contributed by atoms with E-state index in [1.807, 2.05) is 0 Å². The third kappa shape index (κ3) is 5.67. The van der Waals surface area contributed by atoms with E-state index in [4.69, 9.17) is 5.73 Å². The summed E-state index contributed by atoms with van der Waals surface area (Å²) in [6, 6.07) is 7.92. The highest BCUT2D eigenvalue weighted by Gasteiger charge is 2.21. The summed E-state index contributed by atoms with van der Waals surface area (Å²) in [6.07, 6.45) is 1.91. The number of amides is 3. The standard InChI is InChI=1S/C21H22N4O3S/c1-13(26)15-7-4-14(5-8-15)6-9-17-11-18(25-21(22)28)19(29-17)20(27)24-16-3-2-10-23-12-16/h4-5,7-8,11,16,23H,2-3,10,12H2,1H3,(H,24,27)(H3,22,25,28)/t16-/m0/s1. The first-order valence-corrected chi connectivity index (χ1v) is 10.1. The number of urea groups is 1. The number of thiophene rings is 1. The molecule has 0 spiro atoms. The predicted molar refractivity (Wildman–Crippen MR) is 113 cm³/mol. The Morgan fingerprint density at radius 1 is 1.21 bits per heavy atom. The molecule has 5 N–H and O–H groups in total. The summed E-state index contributed by atoms with van der Waals surface area (Å²) in [5.74, 6) is 5.74. The molecule has 150 valence electrons. The third-order valence-corrected chi connectivity index (χ3v) is 5.50. The number of piperidine rings is 1. The summed E-state index contributed by atoms with van der Waals surface area (Å²) in [6.45, 7) is 3.18. The van der Waals surface area contributed by atoms with Gasteiger partial charge >= 0.3 is 6.03 Å². The average molecular weight is 410 g/mol. The van der Waals surface area contributed by atoms with Gasteiger partial charge in [-0.3, -0.25) is 9.59 Å². The largest absolute Gasteiger partial charge is 0.351 e. The Hall–Kier alpha value is -3.15. The van der Waals surface area contributed by atoms with Crippen LogP contribution in [0.25, 0.3) is 0 Å². The molecule has 3 rings (SSSR count). The molecule has 1 aliphatic rings. The number of carbonyl (C=O) groups is 3. The van der Waals surface area contributed by atoms with Gasteiger partial charge in [-0.1, -0.05) is 24.0 Å². The zero-order chi connectivity index (χ0) is 20.8. The highest BCUT2D eigenvalue weighted by atomic mass is 32.1. The second-order valence-corrected chi connectivity index (χ2v) is 7.80. The molecule has 29 heavy (non-hydrogen) atoms. The topological polar surface area (TPSA) is 113 Å². The first-order valence-electron chi connectivity index (χ1n) is 9.27. The maximum atomic E-state index is 12.7. The zero-order valence-corrected chi connectivity index (χ0v) is 16.8. The van der Waals surface area contributed by atoms with Crippen molar-refractivity contribution < 1.29 is 14.4 Å². The van der Waals surface area contributed by atoms with Gasteiger partial charge in [0.05, 0.1) is 10.6 Å². The van der Waals surface area contributed by atoms with Gasteiger partial charge in [-0.25, -0.2) is 4.79 Å². The molecule has 0 saturated carbocycles. The molecule has 1 aromatic heterocycles. The van der Waals surface area contributed by atoms with Crippen molar-refractivity contribution in [2.75, 3.05) is 18.4 Å². The number of carbonyl (C=O) groups excluding carboxylic acids is 3. The fraction of sp³-hybridized carbons (Fsp3) is 0.286. The number of ketones is 1. The van der Waals surface area contributed by atoms with Crippen molar-refractivity contribution >= 4 is 34.7 Å². The number of primary amides is 1. The van der Waals surface area contributed by atoms with Gasteiger partial charge in [-0.05, 0) is 44.5 Å². The normalized spacial score (nSPS) is 15.7. The molecule has 8 heteroatoms. The van der Waals surface area contributed by atoms with Gasteiger partial charge in [0, 0.05) is 23.7 Å². The molecule has 0 unspecified atom stereocenters. The highest BCUT2D eigenvalue weighted by molar-refractivity contribution is 7.15. The predicted octanol–water partition coefficient (Wildman–Crippen LogP) is 2.32. The number of hydrogen-bond donors (Lipinski definition) is 4. The molecule has 2 heterocycles. The fourth-order valence-corrected chi connectivity index (χ4v) is 3.87. The Morgan fingerprint density at radius 3 is 2.59 bits per heavy atom. The van der Waals surface area contributed by atoms with Crippen molar-refractivity contribution in [3.8, 4) is 11.8 Å². The lowest BCUT2D eigenvalue weighted by molar-refractivity contribution is 0.0934. The molecule has 0 bridgehead atoms. The molecule has 7 nitrogen and oxygen atoms in total. The summed E-state index contributed by atoms with van der Waals surface area (Å²) in [4.78, 5) is 36.4. The number of benzene rings is 1. The minimum absolute atomic E-state index is 0.00578. The van der Waals surface area contributed by atoms with Gasteiger partial charge in [-0.2, -0.15) is 0 Å². The SMILES string of the molecule is CC(=O)c1ccc(C#Cc2cc(NC(N)=O)c(C(=O)N[C@H]3CCCNC3)s2)cc1. The number of nitrogens with one attached hydrogen (secondary N) is 3. The second-order valence-electron chi connectivity index (χ2n) is 6.74. The lowest BCUT2D eigenvalue weighted by Crippen LogP contribution is -2.45. The van der Waals surface area contributed by atoms with Crippen LogP contribution in [0.15, 0.2) is 30.3 Å². The fourth-order valence-electron chi connectivity index (χ4n) is 2.99. The molecule has 1 atom stereocenters. The maximum absolute atomic E-state index is 12.7. The Labute approximate surface area is 173 Å². The quantitative estimate of drug-likeness (QED) is 0.458. The van der Waals surface area contributed by atoms with Crippen LogP contribution in [0.2, 0.25) is 0 Å². The monoisotopic (exact) mass is 410 g/mol. The van der Waals surface area contributed by atoms with Crippen molar-refractivity contribution in [1.29, 1.82) is 0 Å². The molecule has 2 aromatic rings. The zero-order valence-electron chi connectivity index (χ0n) is 16.0. The van der Waals surface area contributed by atoms with Gasteiger partial charge in [0.2, 0.25) is 0 Å². The Bertz CT molecular complexity index is 980. The van der Waals surface area contributed by atoms with E-state index in [0.717, 1.165) is 31.5 Å². The van der Waals surface area contributed by atoms with Gasteiger partial charge in [0.1, 0.15) is 4.88 Å². The lowest BCUT2D eigenvalue weighted by Gasteiger charge is -2.23. The van der Waals surface area contributed by atoms with Crippen LogP contribution in [0.3, 0.4) is 0 Å². The van der Waals surface area contributed by atoms with E-state index >= 15 is 0 Å². The second kappa shape index (κ2) is 9.37. The van der Waals surface area contributed by atoms with Crippen molar-refractivity contribution in [2.24, 2.45) is 5.73 Å². The number of nitrogens with two attached hydrogens (primary N) is 1. The van der Waals surface area contributed by atoms with Crippen LogP contribution in [0.1, 0.15) is 50.2 Å². The molecular formula is C21H22N4O3S. The maximum Gasteiger partial charge on any atom is 0.316 e. The van der Waals surface area contributed by atoms with Gasteiger partial charge in [0.25, 0.3) is 5.91 Å². The summed E-state index contributed by atoms with van der Waals surface area (Å²) in [5, 5.41) is 8.74. The van der Waals surface area contributed by atoms with E-state index in [-0.39, 0.29) is 17.7 Å². The summed E-state index contributed by atoms with van der Waals surface area (Å²) in [5.41, 5.74) is 6.95. The van der Waals surface area contributed by atoms with E-state index in [1.165, 1.54) is 18.3 Å². The van der Waals surface area contributed by atoms with Crippen LogP contribution in [-0.4, -0.2) is 36.9 Å². The molecule has 0 aliphatic carbocycles. The Balaban J connectivity index is 1.80. The van der Waals surface area contributed by atoms with Crippen molar-refractivity contribution in [1.82, 2.24) is 10.6 Å². The number of Topliss-reactive ketones (excluding diaryl/α,β-unsaturated/α-hetero) is 1. The third-order valence-electron chi connectivity index (χ3n) is 4.45. The van der Waals surface area contributed by atoms with E-state index in [2.05, 4.69) is 27.8 Å². The van der Waals surface area contributed by atoms with Gasteiger partial charge in [-0.15, -0.1) is 11.3 Å². The summed E-state index contributed by atoms with van der Waals surface area (Å²) < 4.78 is 0. The number of hydrogen-bond acceptors (Lipinski definition) is 5. The Kier molecular flexibility index (Phi) is 6.65. The van der Waals surface area contributed by atoms with Crippen LogP contribution in [-0.2, 0) is 0 Å². The van der Waals surface area contributed by atoms with E-state index < -0.39 is 6.03 Å². The van der Waals surface area contributed by atoms with Crippen LogP contribution in [0.5, 0.6) is 0 Å². The van der Waals surface area contributed by atoms with E-state index in [0.29, 0.717) is 21.0 Å². The molecule has 0 radical (unpaired) electrons. The molecule has 1 saturated heterocycles. The van der Waals surface area contributed by atoms with Crippen LogP contribution < -0.4 is 21.7 Å². The molecule has 3 amide bonds. The number of rotatable bonds is 4. The van der Waals surface area contributed by atoms with E-state index in [1.54, 1.807) is 30.3 Å². The first kappa shape index (κ1) is 20.6. The molecule has 1 fully saturated rings. The van der Waals surface area contributed by atoms with Crippen LogP contribution in [0, 0.1) is 11.8 Å². The van der Waals surface area contributed by atoms with Crippen LogP contribution >= 0.6 is 11.3 Å². The summed E-state index contributed by atoms with van der Waals surface area (Å²) in [7, 11) is 0. The molecular weight excluding hydrogens is 388 g/mol. The van der Waals surface area contributed by atoms with E-state index in [9.17, 15) is 14.4 Å². The summed E-state index contributed by atoms with van der Waals surface area (Å²) >= 11 is 1.20. The number of anilines is 1. The minimum Gasteiger partial charge on any atom is -0.351 e. The van der Waals surface area contributed by atoms with Crippen LogP contribution in [0.4, 0.5) is 10.5 Å². The van der Waals surface area contributed by atoms with Gasteiger partial charge in [0.15, 0.2) is 5.78 Å². The van der Waals surface area contributed by atoms with Crippen molar-refractivity contribution in [3.05, 3.63) is 51.2 Å².